The molecule has 1 amide bonds. The van der Waals surface area contributed by atoms with E-state index >= 15 is 0 Å². The minimum atomic E-state index is -0.0373. The van der Waals surface area contributed by atoms with Gasteiger partial charge in [0.2, 0.25) is 5.91 Å². The van der Waals surface area contributed by atoms with Crippen LogP contribution in [0.5, 0.6) is 0 Å². The van der Waals surface area contributed by atoms with Gasteiger partial charge in [-0.2, -0.15) is 5.10 Å². The molecule has 0 atom stereocenters. The summed E-state index contributed by atoms with van der Waals surface area (Å²) in [5.74, 6) is 1.38. The van der Waals surface area contributed by atoms with Crippen molar-refractivity contribution < 1.29 is 14.6 Å². The number of β-amino-alcohol motifs (C(OH)–C–C–N with tert-alkyl or cyclic N) is 1. The lowest BCUT2D eigenvalue weighted by Crippen LogP contribution is -2.51. The number of hydrogen-bond donors (Lipinski definition) is 2. The summed E-state index contributed by atoms with van der Waals surface area (Å²) in [6.07, 6.45) is 5.15. The number of aliphatic hydroxyl groups is 1. The van der Waals surface area contributed by atoms with Gasteiger partial charge in [0.1, 0.15) is 17.8 Å². The third-order valence-corrected chi connectivity index (χ3v) is 4.71. The lowest BCUT2D eigenvalue weighted by Gasteiger charge is -2.34. The van der Waals surface area contributed by atoms with E-state index in [2.05, 4.69) is 26.7 Å². The summed E-state index contributed by atoms with van der Waals surface area (Å²) < 4.78 is 5.76. The average Bonchev–Trinajstić information content (AvgIpc) is 3.11. The number of nitrogens with zero attached hydrogens (tertiary/aromatic N) is 5. The van der Waals surface area contributed by atoms with Gasteiger partial charge >= 0.3 is 0 Å². The topological polar surface area (TPSA) is 107 Å². The lowest BCUT2D eigenvalue weighted by atomic mass is 10.1. The lowest BCUT2D eigenvalue weighted by molar-refractivity contribution is -0.131. The average molecular weight is 412 g/mol. The molecule has 2 aromatic heterocycles. The van der Waals surface area contributed by atoms with Gasteiger partial charge in [-0.05, 0) is 32.9 Å². The Hall–Kier alpha value is -3.20. The Morgan fingerprint density at radius 3 is 2.87 bits per heavy atom. The third kappa shape index (κ3) is 4.85. The summed E-state index contributed by atoms with van der Waals surface area (Å²) in [5.41, 5.74) is 2.89. The molecule has 3 rings (SSSR count). The number of amides is 1. The van der Waals surface area contributed by atoms with Crippen molar-refractivity contribution >= 4 is 23.9 Å². The molecular weight excluding hydrogens is 384 g/mol. The van der Waals surface area contributed by atoms with E-state index < -0.39 is 0 Å². The molecule has 0 spiro atoms. The number of rotatable bonds is 8. The fourth-order valence-corrected chi connectivity index (χ4v) is 3.38. The minimum Gasteiger partial charge on any atom is -0.496 e. The number of aromatic amines is 1. The van der Waals surface area contributed by atoms with Crippen LogP contribution in [0.1, 0.15) is 32.0 Å². The van der Waals surface area contributed by atoms with Crippen molar-refractivity contribution in [1.82, 2.24) is 25.1 Å². The maximum atomic E-state index is 12.3. The van der Waals surface area contributed by atoms with Crippen molar-refractivity contribution in [3.05, 3.63) is 36.0 Å². The molecule has 9 nitrogen and oxygen atoms in total. The first-order valence-corrected chi connectivity index (χ1v) is 9.94. The fourth-order valence-electron chi connectivity index (χ4n) is 3.38. The van der Waals surface area contributed by atoms with E-state index in [0.29, 0.717) is 36.8 Å². The highest BCUT2D eigenvalue weighted by atomic mass is 16.5. The first kappa shape index (κ1) is 21.5. The third-order valence-electron chi connectivity index (χ3n) is 4.71. The Morgan fingerprint density at radius 1 is 1.40 bits per heavy atom. The summed E-state index contributed by atoms with van der Waals surface area (Å²) in [6, 6.07) is 1.83. The van der Waals surface area contributed by atoms with Crippen LogP contribution in [0.4, 0.5) is 5.82 Å². The molecule has 1 fully saturated rings. The molecule has 9 heteroatoms. The van der Waals surface area contributed by atoms with Crippen LogP contribution in [0.2, 0.25) is 0 Å². The number of piperazine rings is 1. The Labute approximate surface area is 176 Å². The van der Waals surface area contributed by atoms with E-state index in [1.165, 1.54) is 6.33 Å². The van der Waals surface area contributed by atoms with Crippen molar-refractivity contribution in [1.29, 1.82) is 0 Å². The highest BCUT2D eigenvalue weighted by Crippen LogP contribution is 2.28. The molecule has 0 aromatic carbocycles. The molecule has 2 N–H and O–H groups in total. The molecule has 2 aromatic rings. The number of aromatic nitrogens is 4. The van der Waals surface area contributed by atoms with Gasteiger partial charge in [0.25, 0.3) is 0 Å². The molecule has 30 heavy (non-hydrogen) atoms. The van der Waals surface area contributed by atoms with Gasteiger partial charge in [-0.15, -0.1) is 0 Å². The first-order valence-electron chi connectivity index (χ1n) is 9.94. The Kier molecular flexibility index (Phi) is 6.83. The molecule has 0 bridgehead atoms. The molecule has 0 aliphatic carbocycles. The molecule has 0 saturated carbocycles. The summed E-state index contributed by atoms with van der Waals surface area (Å²) in [6.45, 7) is 11.4. The van der Waals surface area contributed by atoms with Crippen molar-refractivity contribution in [2.24, 2.45) is 0 Å². The maximum Gasteiger partial charge on any atom is 0.242 e. The van der Waals surface area contributed by atoms with E-state index in [1.54, 1.807) is 11.0 Å². The maximum absolute atomic E-state index is 12.3. The van der Waals surface area contributed by atoms with Gasteiger partial charge in [0, 0.05) is 31.3 Å². The van der Waals surface area contributed by atoms with Crippen LogP contribution in [0.15, 0.2) is 24.7 Å². The first-order chi connectivity index (χ1) is 14.4. The molecule has 1 saturated heterocycles. The second kappa shape index (κ2) is 9.53. The van der Waals surface area contributed by atoms with Crippen LogP contribution in [-0.4, -0.2) is 75.0 Å². The number of nitrogens with one attached hydrogen (secondary N) is 1. The van der Waals surface area contributed by atoms with Crippen LogP contribution < -0.4 is 4.90 Å². The van der Waals surface area contributed by atoms with Crippen LogP contribution in [-0.2, 0) is 9.53 Å². The monoisotopic (exact) mass is 412 g/mol. The predicted octanol–water partition coefficient (Wildman–Crippen LogP) is 1.94. The molecule has 0 radical (unpaired) electrons. The second-order valence-electron chi connectivity index (χ2n) is 7.31. The SMILES string of the molecule is C=Cc1[nH]nc(-c2cc(N3CCN(CCO)C(=O)C3)ncn2)c1/C=C(\C)OC(C)C. The van der Waals surface area contributed by atoms with Gasteiger partial charge in [-0.1, -0.05) is 6.58 Å². The number of hydrogen-bond acceptors (Lipinski definition) is 7. The number of anilines is 1. The number of carbonyl (C=O) groups is 1. The number of allylic oxidation sites excluding steroid dienone is 1. The predicted molar refractivity (Wildman–Crippen MR) is 115 cm³/mol. The molecule has 3 heterocycles. The fraction of sp³-hybridized carbons (Fsp3) is 0.429. The molecular formula is C21H28N6O3. The Morgan fingerprint density at radius 2 is 2.20 bits per heavy atom. The zero-order chi connectivity index (χ0) is 21.7. The summed E-state index contributed by atoms with van der Waals surface area (Å²) >= 11 is 0. The van der Waals surface area contributed by atoms with Crippen molar-refractivity contribution in [2.75, 3.05) is 37.7 Å². The normalized spacial score (nSPS) is 15.1. The van der Waals surface area contributed by atoms with Crippen LogP contribution in [0, 0.1) is 0 Å². The standard InChI is InChI=1S/C21H28N6O3/c1-5-17-16(10-15(4)30-14(2)3)21(25-24-17)18-11-19(23-13-22-18)27-7-6-26(8-9-28)20(29)12-27/h5,10-11,13-14,28H,1,6-9,12H2,2-4H3,(H,24,25)/b15-10+. The number of H-pyrrole nitrogens is 1. The van der Waals surface area contributed by atoms with Gasteiger partial charge in [0.15, 0.2) is 0 Å². The Balaban J connectivity index is 1.89. The van der Waals surface area contributed by atoms with Crippen LogP contribution in [0.3, 0.4) is 0 Å². The number of aliphatic hydroxyl groups excluding tert-OH is 1. The summed E-state index contributed by atoms with van der Waals surface area (Å²) in [5, 5.41) is 16.5. The summed E-state index contributed by atoms with van der Waals surface area (Å²) in [4.78, 5) is 24.6. The quantitative estimate of drug-likeness (QED) is 0.638. The van der Waals surface area contributed by atoms with Gasteiger partial charge in [-0.25, -0.2) is 9.97 Å². The molecule has 160 valence electrons. The molecule has 1 aliphatic rings. The largest absolute Gasteiger partial charge is 0.496 e. The molecule has 1 aliphatic heterocycles. The smallest absolute Gasteiger partial charge is 0.242 e. The minimum absolute atomic E-state index is 0.0331. The van der Waals surface area contributed by atoms with Crippen molar-refractivity contribution in [3.8, 4) is 11.4 Å². The Bertz CT molecular complexity index is 937. The number of ether oxygens (including phenoxy) is 1. The van der Waals surface area contributed by atoms with Crippen molar-refractivity contribution in [2.45, 2.75) is 26.9 Å². The highest BCUT2D eigenvalue weighted by molar-refractivity contribution is 5.83. The van der Waals surface area contributed by atoms with Gasteiger partial charge < -0.3 is 19.6 Å². The van der Waals surface area contributed by atoms with E-state index in [9.17, 15) is 4.79 Å². The second-order valence-corrected chi connectivity index (χ2v) is 7.31. The van der Waals surface area contributed by atoms with E-state index in [0.717, 1.165) is 17.0 Å². The summed E-state index contributed by atoms with van der Waals surface area (Å²) in [7, 11) is 0. The van der Waals surface area contributed by atoms with E-state index in [4.69, 9.17) is 9.84 Å². The highest BCUT2D eigenvalue weighted by Gasteiger charge is 2.25. The number of carbonyl (C=O) groups excluding carboxylic acids is 1. The van der Waals surface area contributed by atoms with Crippen LogP contribution >= 0.6 is 0 Å². The molecule has 0 unspecified atom stereocenters. The van der Waals surface area contributed by atoms with Crippen LogP contribution in [0.25, 0.3) is 23.5 Å². The van der Waals surface area contributed by atoms with Crippen molar-refractivity contribution in [3.63, 3.8) is 0 Å². The zero-order valence-corrected chi connectivity index (χ0v) is 17.6. The van der Waals surface area contributed by atoms with Gasteiger partial charge in [-0.3, -0.25) is 9.89 Å². The van der Waals surface area contributed by atoms with E-state index in [-0.39, 0.29) is 25.2 Å². The van der Waals surface area contributed by atoms with E-state index in [1.807, 2.05) is 37.8 Å². The van der Waals surface area contributed by atoms with Gasteiger partial charge in [0.05, 0.1) is 36.4 Å². The zero-order valence-electron chi connectivity index (χ0n) is 17.6.